The van der Waals surface area contributed by atoms with Gasteiger partial charge in [-0.05, 0) is 29.6 Å². The van der Waals surface area contributed by atoms with Crippen LogP contribution in [0.1, 0.15) is 5.56 Å². The highest BCUT2D eigenvalue weighted by atomic mass is 32.1. The summed E-state index contributed by atoms with van der Waals surface area (Å²) in [4.78, 5) is 9.83. The molecule has 154 valence electrons. The molecule has 5 nitrogen and oxygen atoms in total. The van der Waals surface area contributed by atoms with Crippen molar-refractivity contribution in [2.75, 3.05) is 5.32 Å². The Balaban J connectivity index is 1.61. The summed E-state index contributed by atoms with van der Waals surface area (Å²) in [6.07, 6.45) is -4.52. The molecule has 31 heavy (non-hydrogen) atoms. The van der Waals surface area contributed by atoms with E-state index in [2.05, 4.69) is 25.5 Å². The Bertz CT molecular complexity index is 1360. The topological polar surface area (TPSA) is 66.5 Å². The molecule has 0 bridgehead atoms. The number of halogens is 3. The van der Waals surface area contributed by atoms with E-state index in [9.17, 15) is 13.2 Å². The second-order valence-electron chi connectivity index (χ2n) is 6.73. The number of benzene rings is 2. The van der Waals surface area contributed by atoms with Crippen molar-refractivity contribution in [3.63, 3.8) is 0 Å². The number of fused-ring (bicyclic) bond motifs is 1. The lowest BCUT2D eigenvalue weighted by atomic mass is 10.1. The summed E-state index contributed by atoms with van der Waals surface area (Å²) < 4.78 is 40.6. The zero-order valence-electron chi connectivity index (χ0n) is 15.8. The van der Waals surface area contributed by atoms with Gasteiger partial charge in [-0.25, -0.2) is 9.97 Å². The number of aromatic nitrogens is 4. The molecule has 0 saturated heterocycles. The number of nitrogens with zero attached hydrogens (tertiary/aromatic N) is 3. The van der Waals surface area contributed by atoms with Gasteiger partial charge < -0.3 is 5.32 Å². The van der Waals surface area contributed by atoms with Crippen LogP contribution in [-0.4, -0.2) is 20.2 Å². The highest BCUT2D eigenvalue weighted by Gasteiger charge is 2.34. The number of thiophene rings is 1. The molecule has 0 fully saturated rings. The number of hydrogen-bond donors (Lipinski definition) is 2. The van der Waals surface area contributed by atoms with E-state index >= 15 is 0 Å². The highest BCUT2D eigenvalue weighted by Crippen LogP contribution is 2.37. The Kier molecular flexibility index (Phi) is 4.67. The van der Waals surface area contributed by atoms with Crippen LogP contribution in [0.4, 0.5) is 24.8 Å². The van der Waals surface area contributed by atoms with Crippen molar-refractivity contribution in [1.82, 2.24) is 20.2 Å². The fourth-order valence-corrected chi connectivity index (χ4v) is 3.97. The summed E-state index contributed by atoms with van der Waals surface area (Å²) in [5, 5.41) is 13.0. The normalized spacial score (nSPS) is 11.7. The predicted octanol–water partition coefficient (Wildman–Crippen LogP) is 6.51. The number of alkyl halides is 3. The molecule has 0 unspecified atom stereocenters. The Hall–Kier alpha value is -3.72. The van der Waals surface area contributed by atoms with Crippen LogP contribution in [0.5, 0.6) is 0 Å². The van der Waals surface area contributed by atoms with Crippen LogP contribution in [0, 0.1) is 0 Å². The second kappa shape index (κ2) is 7.51. The molecule has 0 aliphatic carbocycles. The standard InChI is InChI=1S/C22H14F3N5S/c23-22(24,25)15-8-3-1-6-13(15)20-26-16-9-4-2-7-14(16)21(28-20)27-19-12-17(29-30-19)18-10-5-11-31-18/h1-12H,(H2,26,27,28,29,30). The van der Waals surface area contributed by atoms with Gasteiger partial charge in [0.15, 0.2) is 5.82 Å². The van der Waals surface area contributed by atoms with Crippen molar-refractivity contribution < 1.29 is 13.2 Å². The Labute approximate surface area is 178 Å². The first-order valence-corrected chi connectivity index (χ1v) is 10.2. The first-order valence-electron chi connectivity index (χ1n) is 9.29. The van der Waals surface area contributed by atoms with Crippen molar-refractivity contribution in [2.45, 2.75) is 6.18 Å². The Morgan fingerprint density at radius 3 is 2.52 bits per heavy atom. The van der Waals surface area contributed by atoms with Gasteiger partial charge in [0.2, 0.25) is 0 Å². The first-order chi connectivity index (χ1) is 15.0. The monoisotopic (exact) mass is 437 g/mol. The third-order valence-corrected chi connectivity index (χ3v) is 5.57. The van der Waals surface area contributed by atoms with Crippen LogP contribution in [0.25, 0.3) is 32.9 Å². The lowest BCUT2D eigenvalue weighted by Crippen LogP contribution is -2.08. The summed E-state index contributed by atoms with van der Waals surface area (Å²) in [5.74, 6) is 0.952. The molecule has 0 amide bonds. The van der Waals surface area contributed by atoms with Crippen molar-refractivity contribution in [3.05, 3.63) is 77.7 Å². The maximum Gasteiger partial charge on any atom is 0.417 e. The highest BCUT2D eigenvalue weighted by molar-refractivity contribution is 7.13. The van der Waals surface area contributed by atoms with Gasteiger partial charge in [0.25, 0.3) is 0 Å². The molecule has 5 aromatic rings. The van der Waals surface area contributed by atoms with Gasteiger partial charge in [0, 0.05) is 17.0 Å². The SMILES string of the molecule is FC(F)(F)c1ccccc1-c1nc(Nc2cc(-c3cccs3)n[nH]2)c2ccccc2n1. The predicted molar refractivity (Wildman–Crippen MR) is 115 cm³/mol. The van der Waals surface area contributed by atoms with E-state index in [0.717, 1.165) is 16.6 Å². The number of H-pyrrole nitrogens is 1. The fraction of sp³-hybridized carbons (Fsp3) is 0.0455. The molecule has 0 aliphatic heterocycles. The minimum absolute atomic E-state index is 0.00730. The van der Waals surface area contributed by atoms with E-state index in [0.29, 0.717) is 22.5 Å². The minimum Gasteiger partial charge on any atom is -0.325 e. The van der Waals surface area contributed by atoms with Gasteiger partial charge in [0.05, 0.1) is 16.0 Å². The summed E-state index contributed by atoms with van der Waals surface area (Å²) >= 11 is 1.56. The fourth-order valence-electron chi connectivity index (χ4n) is 3.28. The molecule has 0 atom stereocenters. The van der Waals surface area contributed by atoms with Gasteiger partial charge >= 0.3 is 6.18 Å². The first kappa shape index (κ1) is 19.3. The van der Waals surface area contributed by atoms with Gasteiger partial charge in [-0.1, -0.05) is 36.4 Å². The van der Waals surface area contributed by atoms with Crippen LogP contribution < -0.4 is 5.32 Å². The molecule has 2 N–H and O–H groups in total. The maximum atomic E-state index is 13.5. The lowest BCUT2D eigenvalue weighted by molar-refractivity contribution is -0.137. The van der Waals surface area contributed by atoms with E-state index in [1.165, 1.54) is 12.1 Å². The number of para-hydroxylation sites is 1. The number of nitrogens with one attached hydrogen (secondary N) is 2. The average molecular weight is 437 g/mol. The third kappa shape index (κ3) is 3.75. The van der Waals surface area contributed by atoms with E-state index in [-0.39, 0.29) is 11.4 Å². The molecule has 5 rings (SSSR count). The van der Waals surface area contributed by atoms with Gasteiger partial charge in [-0.2, -0.15) is 18.3 Å². The van der Waals surface area contributed by atoms with Crippen LogP contribution in [0.2, 0.25) is 0 Å². The molecule has 0 aliphatic rings. The largest absolute Gasteiger partial charge is 0.417 e. The maximum absolute atomic E-state index is 13.5. The molecular weight excluding hydrogens is 423 g/mol. The van der Waals surface area contributed by atoms with E-state index < -0.39 is 11.7 Å². The van der Waals surface area contributed by atoms with Crippen molar-refractivity contribution in [2.24, 2.45) is 0 Å². The van der Waals surface area contributed by atoms with E-state index in [1.54, 1.807) is 29.5 Å². The third-order valence-electron chi connectivity index (χ3n) is 4.68. The zero-order valence-corrected chi connectivity index (χ0v) is 16.6. The molecule has 0 spiro atoms. The van der Waals surface area contributed by atoms with E-state index in [1.807, 2.05) is 35.7 Å². The average Bonchev–Trinajstić information content (AvgIpc) is 3.45. The summed E-state index contributed by atoms with van der Waals surface area (Å²) in [6.45, 7) is 0. The zero-order chi connectivity index (χ0) is 21.4. The molecule has 2 aromatic carbocycles. The number of rotatable bonds is 4. The van der Waals surface area contributed by atoms with Crippen molar-refractivity contribution in [1.29, 1.82) is 0 Å². The molecule has 3 heterocycles. The Morgan fingerprint density at radius 1 is 0.903 bits per heavy atom. The molecule has 0 radical (unpaired) electrons. The summed E-state index contributed by atoms with van der Waals surface area (Å²) in [5.41, 5.74) is 0.439. The molecule has 3 aromatic heterocycles. The minimum atomic E-state index is -4.52. The van der Waals surface area contributed by atoms with Crippen LogP contribution >= 0.6 is 11.3 Å². The van der Waals surface area contributed by atoms with Crippen LogP contribution in [-0.2, 0) is 6.18 Å². The number of anilines is 2. The van der Waals surface area contributed by atoms with Crippen LogP contribution in [0.15, 0.2) is 72.1 Å². The summed E-state index contributed by atoms with van der Waals surface area (Å²) in [7, 11) is 0. The van der Waals surface area contributed by atoms with E-state index in [4.69, 9.17) is 0 Å². The van der Waals surface area contributed by atoms with Crippen molar-refractivity contribution >= 4 is 33.9 Å². The van der Waals surface area contributed by atoms with Gasteiger partial charge in [0.1, 0.15) is 17.3 Å². The second-order valence-corrected chi connectivity index (χ2v) is 7.67. The number of hydrogen-bond acceptors (Lipinski definition) is 5. The van der Waals surface area contributed by atoms with Gasteiger partial charge in [-0.15, -0.1) is 11.3 Å². The Morgan fingerprint density at radius 2 is 1.71 bits per heavy atom. The van der Waals surface area contributed by atoms with Crippen molar-refractivity contribution in [3.8, 4) is 22.0 Å². The lowest BCUT2D eigenvalue weighted by Gasteiger charge is -2.14. The smallest absolute Gasteiger partial charge is 0.325 e. The van der Waals surface area contributed by atoms with Gasteiger partial charge in [-0.3, -0.25) is 5.10 Å². The number of aromatic amines is 1. The molecule has 9 heteroatoms. The van der Waals surface area contributed by atoms with Crippen LogP contribution in [0.3, 0.4) is 0 Å². The molecule has 0 saturated carbocycles. The molecular formula is C22H14F3N5S. The quantitative estimate of drug-likeness (QED) is 0.336. The summed E-state index contributed by atoms with van der Waals surface area (Å²) in [6, 6.07) is 18.2.